The molecular weight excluding hydrogens is 490 g/mol. The van der Waals surface area contributed by atoms with Crippen LogP contribution in [0.15, 0.2) is 48.7 Å². The van der Waals surface area contributed by atoms with E-state index in [1.165, 1.54) is 17.5 Å². The number of benzene rings is 2. The van der Waals surface area contributed by atoms with Crippen molar-refractivity contribution in [3.63, 3.8) is 0 Å². The van der Waals surface area contributed by atoms with Gasteiger partial charge in [-0.15, -0.1) is 11.3 Å². The number of carbonyl (C=O) groups is 3. The van der Waals surface area contributed by atoms with Crippen molar-refractivity contribution in [2.75, 3.05) is 10.6 Å². The fourth-order valence-electron chi connectivity index (χ4n) is 3.48. The van der Waals surface area contributed by atoms with Crippen molar-refractivity contribution in [1.82, 2.24) is 4.98 Å². The maximum atomic E-state index is 13.8. The van der Waals surface area contributed by atoms with E-state index in [4.69, 9.17) is 4.74 Å². The molecule has 2 aromatic carbocycles. The van der Waals surface area contributed by atoms with E-state index in [0.717, 1.165) is 0 Å². The molecule has 1 heterocycles. The summed E-state index contributed by atoms with van der Waals surface area (Å²) >= 11 is 1.18. The summed E-state index contributed by atoms with van der Waals surface area (Å²) in [6.07, 6.45) is -2.30. The molecule has 2 N–H and O–H groups in total. The summed E-state index contributed by atoms with van der Waals surface area (Å²) in [5.41, 5.74) is -0.679. The summed E-state index contributed by atoms with van der Waals surface area (Å²) in [6.45, 7) is 0.337. The number of nitrogens with one attached hydrogen (secondary N) is 2. The molecule has 0 radical (unpaired) electrons. The molecule has 1 fully saturated rings. The van der Waals surface area contributed by atoms with E-state index in [-0.39, 0.29) is 5.78 Å². The van der Waals surface area contributed by atoms with Crippen molar-refractivity contribution >= 4 is 41.0 Å². The van der Waals surface area contributed by atoms with E-state index in [9.17, 15) is 31.9 Å². The largest absolute Gasteiger partial charge is 0.464 e. The van der Waals surface area contributed by atoms with Crippen molar-refractivity contribution in [2.45, 2.75) is 25.1 Å². The molecule has 3 aromatic rings. The van der Waals surface area contributed by atoms with Crippen LogP contribution in [0, 0.1) is 11.7 Å². The van der Waals surface area contributed by atoms with Gasteiger partial charge < -0.3 is 15.4 Å². The number of hydrogen-bond acceptors (Lipinski definition) is 6. The zero-order valence-electron chi connectivity index (χ0n) is 17.8. The van der Waals surface area contributed by atoms with Gasteiger partial charge in [-0.1, -0.05) is 12.1 Å². The minimum Gasteiger partial charge on any atom is -0.464 e. The number of nitrogens with zero attached hydrogens (tertiary/aromatic N) is 1. The van der Waals surface area contributed by atoms with E-state index < -0.39 is 41.3 Å². The number of ketones is 1. The molecule has 0 spiro atoms. The standard InChI is InChI=1S/C23H17F4N3O4S/c24-16-7-3-13(23(25,26)27)9-17(16)30-22(33)29-14-4-1-12(2-5-14)19-10-28-21(35-19)20(32)15-6-8-18(15)34-11-31/h1-5,7,9-11,15,18H,6,8H2,(H2,29,30,33). The van der Waals surface area contributed by atoms with Crippen LogP contribution in [0.25, 0.3) is 10.4 Å². The smallest absolute Gasteiger partial charge is 0.416 e. The first-order valence-corrected chi connectivity index (χ1v) is 11.1. The van der Waals surface area contributed by atoms with Gasteiger partial charge in [0.2, 0.25) is 0 Å². The Bertz CT molecular complexity index is 1260. The second-order valence-corrected chi connectivity index (χ2v) is 8.73. The van der Waals surface area contributed by atoms with Crippen molar-refractivity contribution in [3.05, 3.63) is 65.0 Å². The highest BCUT2D eigenvalue weighted by Gasteiger charge is 2.39. The van der Waals surface area contributed by atoms with E-state index >= 15 is 0 Å². The molecule has 7 nitrogen and oxygen atoms in total. The average Bonchev–Trinajstić information content (AvgIpc) is 3.28. The zero-order chi connectivity index (χ0) is 25.2. The van der Waals surface area contributed by atoms with E-state index in [2.05, 4.69) is 15.6 Å². The lowest BCUT2D eigenvalue weighted by Gasteiger charge is -2.32. The van der Waals surface area contributed by atoms with Gasteiger partial charge in [-0.05, 0) is 48.7 Å². The number of ether oxygens (including phenoxy) is 1. The van der Waals surface area contributed by atoms with Crippen molar-refractivity contribution in [2.24, 2.45) is 5.92 Å². The maximum absolute atomic E-state index is 13.8. The number of urea groups is 1. The Morgan fingerprint density at radius 1 is 1.09 bits per heavy atom. The fraction of sp³-hybridized carbons (Fsp3) is 0.217. The number of amides is 2. The van der Waals surface area contributed by atoms with Gasteiger partial charge in [0.25, 0.3) is 6.47 Å². The van der Waals surface area contributed by atoms with Crippen LogP contribution in [-0.4, -0.2) is 29.4 Å². The first-order valence-electron chi connectivity index (χ1n) is 10.3. The lowest BCUT2D eigenvalue weighted by molar-refractivity contribution is -0.140. The second-order valence-electron chi connectivity index (χ2n) is 7.70. The highest BCUT2D eigenvalue weighted by Crippen LogP contribution is 2.36. The molecule has 35 heavy (non-hydrogen) atoms. The van der Waals surface area contributed by atoms with E-state index in [1.807, 2.05) is 0 Å². The fourth-order valence-corrected chi connectivity index (χ4v) is 4.41. The molecule has 1 aliphatic carbocycles. The minimum absolute atomic E-state index is 0.184. The van der Waals surface area contributed by atoms with Crippen LogP contribution in [0.3, 0.4) is 0 Å². The Morgan fingerprint density at radius 3 is 2.46 bits per heavy atom. The van der Waals surface area contributed by atoms with Gasteiger partial charge >= 0.3 is 12.2 Å². The van der Waals surface area contributed by atoms with Crippen LogP contribution in [0.1, 0.15) is 28.2 Å². The molecule has 2 amide bonds. The number of halogens is 4. The Hall–Kier alpha value is -3.80. The number of Topliss-reactive ketones (excluding diaryl/α,β-unsaturated/α-hetero) is 1. The molecule has 0 saturated heterocycles. The molecule has 2 atom stereocenters. The van der Waals surface area contributed by atoms with E-state index in [0.29, 0.717) is 58.6 Å². The number of hydrogen-bond donors (Lipinski definition) is 2. The average molecular weight is 507 g/mol. The molecule has 12 heteroatoms. The normalized spacial score (nSPS) is 17.3. The molecule has 0 aliphatic heterocycles. The van der Waals surface area contributed by atoms with Crippen LogP contribution in [0.4, 0.5) is 33.7 Å². The number of carbonyl (C=O) groups excluding carboxylic acids is 3. The third-order valence-electron chi connectivity index (χ3n) is 5.46. The summed E-state index contributed by atoms with van der Waals surface area (Å²) < 4.78 is 57.2. The van der Waals surface area contributed by atoms with Gasteiger partial charge in [0.1, 0.15) is 11.9 Å². The van der Waals surface area contributed by atoms with Crippen LogP contribution < -0.4 is 10.6 Å². The molecule has 0 bridgehead atoms. The Kier molecular flexibility index (Phi) is 6.83. The molecule has 1 aromatic heterocycles. The van der Waals surface area contributed by atoms with Crippen LogP contribution in [-0.2, 0) is 15.7 Å². The van der Waals surface area contributed by atoms with Gasteiger partial charge in [-0.3, -0.25) is 9.59 Å². The Balaban J connectivity index is 1.39. The second kappa shape index (κ2) is 9.82. The quantitative estimate of drug-likeness (QED) is 0.241. The highest BCUT2D eigenvalue weighted by atomic mass is 32.1. The van der Waals surface area contributed by atoms with Crippen LogP contribution >= 0.6 is 11.3 Å². The molecule has 182 valence electrons. The van der Waals surface area contributed by atoms with Gasteiger partial charge in [0, 0.05) is 11.9 Å². The maximum Gasteiger partial charge on any atom is 0.416 e. The molecule has 1 saturated carbocycles. The summed E-state index contributed by atoms with van der Waals surface area (Å²) in [4.78, 5) is 40.1. The number of thiazole rings is 1. The molecule has 4 rings (SSSR count). The summed E-state index contributed by atoms with van der Waals surface area (Å²) in [7, 11) is 0. The third kappa shape index (κ3) is 5.48. The number of anilines is 2. The Labute approximate surface area is 200 Å². The number of rotatable bonds is 7. The van der Waals surface area contributed by atoms with Gasteiger partial charge in [0.15, 0.2) is 10.8 Å². The predicted octanol–water partition coefficient (Wildman–Crippen LogP) is 5.75. The van der Waals surface area contributed by atoms with Crippen LogP contribution in [0.2, 0.25) is 0 Å². The molecule has 2 unspecified atom stereocenters. The van der Waals surface area contributed by atoms with Gasteiger partial charge in [0.05, 0.1) is 22.0 Å². The summed E-state index contributed by atoms with van der Waals surface area (Å²) in [5.74, 6) is -1.59. The van der Waals surface area contributed by atoms with Crippen molar-refractivity contribution in [3.8, 4) is 10.4 Å². The molecular formula is C23H17F4N3O4S. The van der Waals surface area contributed by atoms with Gasteiger partial charge in [-0.25, -0.2) is 14.2 Å². The lowest BCUT2D eigenvalue weighted by atomic mass is 9.79. The topological polar surface area (TPSA) is 97.4 Å². The molecule has 1 aliphatic rings. The Morgan fingerprint density at radius 2 is 1.83 bits per heavy atom. The third-order valence-corrected chi connectivity index (χ3v) is 6.52. The lowest BCUT2D eigenvalue weighted by Crippen LogP contribution is -2.39. The minimum atomic E-state index is -4.68. The zero-order valence-corrected chi connectivity index (χ0v) is 18.6. The summed E-state index contributed by atoms with van der Waals surface area (Å²) in [6, 6.07) is 7.19. The predicted molar refractivity (Wildman–Crippen MR) is 120 cm³/mol. The van der Waals surface area contributed by atoms with Crippen LogP contribution in [0.5, 0.6) is 0 Å². The monoisotopic (exact) mass is 507 g/mol. The first-order chi connectivity index (χ1) is 16.7. The summed E-state index contributed by atoms with van der Waals surface area (Å²) in [5, 5.41) is 4.78. The highest BCUT2D eigenvalue weighted by molar-refractivity contribution is 7.17. The first kappa shape index (κ1) is 24.3. The van der Waals surface area contributed by atoms with Crippen molar-refractivity contribution in [1.29, 1.82) is 0 Å². The van der Waals surface area contributed by atoms with E-state index in [1.54, 1.807) is 24.3 Å². The van der Waals surface area contributed by atoms with Crippen molar-refractivity contribution < 1.29 is 36.7 Å². The SMILES string of the molecule is O=COC1CCC1C(=O)c1ncc(-c2ccc(NC(=O)Nc3cc(C(F)(F)F)ccc3F)cc2)s1. The number of aromatic nitrogens is 1. The van der Waals surface area contributed by atoms with Gasteiger partial charge in [-0.2, -0.15) is 13.2 Å². The number of alkyl halides is 3.